The van der Waals surface area contributed by atoms with Gasteiger partial charge in [-0.2, -0.15) is 0 Å². The minimum atomic E-state index is -0.193. The number of aromatic nitrogens is 3. The molecular weight excluding hydrogens is 430 g/mol. The van der Waals surface area contributed by atoms with Gasteiger partial charge in [0.05, 0.1) is 12.8 Å². The van der Waals surface area contributed by atoms with Crippen molar-refractivity contribution in [1.29, 1.82) is 0 Å². The molecule has 0 saturated carbocycles. The molecule has 1 fully saturated rings. The molecule has 4 rings (SSSR count). The van der Waals surface area contributed by atoms with Gasteiger partial charge in [-0.05, 0) is 55.0 Å². The van der Waals surface area contributed by atoms with Gasteiger partial charge in [0.15, 0.2) is 11.6 Å². The number of halogens is 1. The van der Waals surface area contributed by atoms with Gasteiger partial charge >= 0.3 is 6.03 Å². The molecule has 32 heavy (non-hydrogen) atoms. The zero-order valence-electron chi connectivity index (χ0n) is 17.9. The zero-order chi connectivity index (χ0) is 22.5. The normalized spacial score (nSPS) is 13.6. The number of carbonyl (C=O) groups excluding carboxylic acids is 1. The quantitative estimate of drug-likeness (QED) is 0.604. The molecule has 1 saturated heterocycles. The molecule has 0 aliphatic carbocycles. The van der Waals surface area contributed by atoms with Crippen LogP contribution in [-0.2, 0) is 0 Å². The van der Waals surface area contributed by atoms with Gasteiger partial charge < -0.3 is 25.2 Å². The lowest BCUT2D eigenvalue weighted by molar-refractivity contribution is 0.208. The molecule has 1 aromatic carbocycles. The van der Waals surface area contributed by atoms with Crippen molar-refractivity contribution in [3.8, 4) is 5.75 Å². The van der Waals surface area contributed by atoms with Gasteiger partial charge in [0.2, 0.25) is 0 Å². The molecule has 0 spiro atoms. The van der Waals surface area contributed by atoms with Crippen molar-refractivity contribution in [2.75, 3.05) is 48.8 Å². The average molecular weight is 454 g/mol. The molecule has 2 aromatic heterocycles. The third-order valence-corrected chi connectivity index (χ3v) is 5.35. The number of pyridine rings is 1. The Hall–Kier alpha value is -3.59. The van der Waals surface area contributed by atoms with E-state index in [2.05, 4.69) is 30.7 Å². The van der Waals surface area contributed by atoms with Gasteiger partial charge in [-0.1, -0.05) is 11.6 Å². The van der Waals surface area contributed by atoms with E-state index in [-0.39, 0.29) is 6.03 Å². The molecule has 166 valence electrons. The van der Waals surface area contributed by atoms with Crippen molar-refractivity contribution in [3.63, 3.8) is 0 Å². The van der Waals surface area contributed by atoms with Crippen molar-refractivity contribution < 1.29 is 9.53 Å². The summed E-state index contributed by atoms with van der Waals surface area (Å²) in [5.41, 5.74) is 1.66. The van der Waals surface area contributed by atoms with Crippen LogP contribution in [0.1, 0.15) is 5.56 Å². The topological polar surface area (TPSA) is 95.5 Å². The van der Waals surface area contributed by atoms with Gasteiger partial charge in [0, 0.05) is 37.4 Å². The highest BCUT2D eigenvalue weighted by Crippen LogP contribution is 2.28. The second kappa shape index (κ2) is 9.69. The number of ether oxygens (including phenoxy) is 1. The molecule has 1 aliphatic rings. The summed E-state index contributed by atoms with van der Waals surface area (Å²) in [7, 11) is 1.55. The lowest BCUT2D eigenvalue weighted by Gasteiger charge is -2.35. The number of amides is 2. The number of piperazine rings is 1. The largest absolute Gasteiger partial charge is 0.495 e. The Kier molecular flexibility index (Phi) is 6.55. The number of methoxy groups -OCH3 is 1. The summed E-state index contributed by atoms with van der Waals surface area (Å²) in [6.45, 7) is 4.43. The van der Waals surface area contributed by atoms with Crippen LogP contribution in [0.2, 0.25) is 5.02 Å². The number of rotatable bonds is 5. The Morgan fingerprint density at radius 3 is 2.53 bits per heavy atom. The minimum Gasteiger partial charge on any atom is -0.495 e. The maximum atomic E-state index is 12.7. The van der Waals surface area contributed by atoms with E-state index in [0.717, 1.165) is 17.2 Å². The first-order valence-corrected chi connectivity index (χ1v) is 10.6. The molecule has 10 heteroatoms. The summed E-state index contributed by atoms with van der Waals surface area (Å²) >= 11 is 6.05. The highest BCUT2D eigenvalue weighted by atomic mass is 35.5. The van der Waals surface area contributed by atoms with Crippen molar-refractivity contribution in [2.24, 2.45) is 0 Å². The molecule has 0 radical (unpaired) electrons. The molecule has 0 unspecified atom stereocenters. The molecule has 2 N–H and O–H groups in total. The number of anilines is 4. The van der Waals surface area contributed by atoms with E-state index in [0.29, 0.717) is 48.5 Å². The lowest BCUT2D eigenvalue weighted by atomic mass is 10.3. The summed E-state index contributed by atoms with van der Waals surface area (Å²) in [4.78, 5) is 20.8. The summed E-state index contributed by atoms with van der Waals surface area (Å²) in [6, 6.07) is 12.6. The highest BCUT2D eigenvalue weighted by molar-refractivity contribution is 6.31. The summed E-state index contributed by atoms with van der Waals surface area (Å²) in [6.07, 6.45) is 1.75. The summed E-state index contributed by atoms with van der Waals surface area (Å²) in [5, 5.41) is 15.1. The minimum absolute atomic E-state index is 0.193. The van der Waals surface area contributed by atoms with Gasteiger partial charge in [-0.25, -0.2) is 9.78 Å². The lowest BCUT2D eigenvalue weighted by Crippen LogP contribution is -2.50. The Balaban J connectivity index is 1.32. The van der Waals surface area contributed by atoms with Crippen LogP contribution < -0.4 is 20.3 Å². The Labute approximate surface area is 191 Å². The van der Waals surface area contributed by atoms with Crippen LogP contribution in [0.4, 0.5) is 27.9 Å². The monoisotopic (exact) mass is 453 g/mol. The van der Waals surface area contributed by atoms with E-state index < -0.39 is 0 Å². The fourth-order valence-electron chi connectivity index (χ4n) is 3.41. The van der Waals surface area contributed by atoms with Gasteiger partial charge in [-0.3, -0.25) is 0 Å². The fraction of sp³-hybridized carbons (Fsp3) is 0.273. The van der Waals surface area contributed by atoms with E-state index in [1.807, 2.05) is 31.2 Å². The third kappa shape index (κ3) is 5.17. The predicted octanol–water partition coefficient (Wildman–Crippen LogP) is 3.94. The second-order valence-corrected chi connectivity index (χ2v) is 7.81. The Morgan fingerprint density at radius 1 is 1.03 bits per heavy atom. The first-order chi connectivity index (χ1) is 15.5. The van der Waals surface area contributed by atoms with Crippen LogP contribution >= 0.6 is 11.6 Å². The Bertz CT molecular complexity index is 1090. The molecule has 9 nitrogen and oxygen atoms in total. The standard InChI is InChI=1S/C22H24ClN7O2/c1-15-7-8-24-20(13-15)26-19-5-6-21(28-27-19)29-9-11-30(12-10-29)22(31)25-17-14-16(23)3-4-18(17)32-2/h3-8,13-14H,9-12H2,1-2H3,(H,25,31)(H,24,26,27). The van der Waals surface area contributed by atoms with Crippen LogP contribution in [0.5, 0.6) is 5.75 Å². The molecule has 3 aromatic rings. The number of hydrogen-bond donors (Lipinski definition) is 2. The third-order valence-electron chi connectivity index (χ3n) is 5.12. The Morgan fingerprint density at radius 2 is 1.84 bits per heavy atom. The number of nitrogens with one attached hydrogen (secondary N) is 2. The molecule has 0 bridgehead atoms. The van der Waals surface area contributed by atoms with E-state index in [1.165, 1.54) is 0 Å². The first kappa shape index (κ1) is 21.6. The molecular formula is C22H24ClN7O2. The van der Waals surface area contributed by atoms with Crippen molar-refractivity contribution in [1.82, 2.24) is 20.1 Å². The van der Waals surface area contributed by atoms with E-state index in [1.54, 1.807) is 36.4 Å². The van der Waals surface area contributed by atoms with Gasteiger partial charge in [0.25, 0.3) is 0 Å². The summed E-state index contributed by atoms with van der Waals surface area (Å²) in [5.74, 6) is 2.68. The van der Waals surface area contributed by atoms with Crippen LogP contribution in [0.3, 0.4) is 0 Å². The smallest absolute Gasteiger partial charge is 0.322 e. The number of benzene rings is 1. The average Bonchev–Trinajstić information content (AvgIpc) is 2.80. The number of urea groups is 1. The SMILES string of the molecule is COc1ccc(Cl)cc1NC(=O)N1CCN(c2ccc(Nc3cc(C)ccn3)nn2)CC1. The predicted molar refractivity (Wildman–Crippen MR) is 125 cm³/mol. The number of hydrogen-bond acceptors (Lipinski definition) is 7. The van der Waals surface area contributed by atoms with Crippen molar-refractivity contribution >= 4 is 40.8 Å². The highest BCUT2D eigenvalue weighted by Gasteiger charge is 2.23. The van der Waals surface area contributed by atoms with Crippen LogP contribution in [0, 0.1) is 6.92 Å². The maximum absolute atomic E-state index is 12.7. The first-order valence-electron chi connectivity index (χ1n) is 10.2. The zero-order valence-corrected chi connectivity index (χ0v) is 18.6. The van der Waals surface area contributed by atoms with Crippen LogP contribution in [-0.4, -0.2) is 59.4 Å². The number of aryl methyl sites for hydroxylation is 1. The summed E-state index contributed by atoms with van der Waals surface area (Å²) < 4.78 is 5.29. The van der Waals surface area contributed by atoms with Crippen molar-refractivity contribution in [3.05, 3.63) is 59.2 Å². The molecule has 1 aliphatic heterocycles. The number of nitrogens with zero attached hydrogens (tertiary/aromatic N) is 5. The van der Waals surface area contributed by atoms with Crippen LogP contribution in [0.25, 0.3) is 0 Å². The maximum Gasteiger partial charge on any atom is 0.322 e. The molecule has 2 amide bonds. The second-order valence-electron chi connectivity index (χ2n) is 7.37. The molecule has 0 atom stereocenters. The van der Waals surface area contributed by atoms with E-state index in [9.17, 15) is 4.79 Å². The number of carbonyl (C=O) groups is 1. The molecule has 3 heterocycles. The van der Waals surface area contributed by atoms with Crippen LogP contribution in [0.15, 0.2) is 48.7 Å². The van der Waals surface area contributed by atoms with Gasteiger partial charge in [0.1, 0.15) is 11.6 Å². The van der Waals surface area contributed by atoms with Crippen molar-refractivity contribution in [2.45, 2.75) is 6.92 Å². The van der Waals surface area contributed by atoms with E-state index >= 15 is 0 Å². The van der Waals surface area contributed by atoms with E-state index in [4.69, 9.17) is 16.3 Å². The fourth-order valence-corrected chi connectivity index (χ4v) is 3.58. The van der Waals surface area contributed by atoms with Gasteiger partial charge in [-0.15, -0.1) is 10.2 Å².